The van der Waals surface area contributed by atoms with Crippen molar-refractivity contribution in [2.45, 2.75) is 26.1 Å². The lowest BCUT2D eigenvalue weighted by Gasteiger charge is -2.35. The van der Waals surface area contributed by atoms with Gasteiger partial charge in [-0.2, -0.15) is 0 Å². The Hall–Kier alpha value is -1.62. The fourth-order valence-electron chi connectivity index (χ4n) is 1.62. The number of carbonyl (C=O) groups excluding carboxylic acids is 1. The predicted molar refractivity (Wildman–Crippen MR) is 61.9 cm³/mol. The van der Waals surface area contributed by atoms with Crippen molar-refractivity contribution in [1.82, 2.24) is 9.88 Å². The van der Waals surface area contributed by atoms with Gasteiger partial charge < -0.3 is 14.7 Å². The first-order chi connectivity index (χ1) is 8.06. The second kappa shape index (κ2) is 4.71. The molecule has 1 aromatic heterocycles. The Kier molecular flexibility index (Phi) is 3.28. The average Bonchev–Trinajstić information content (AvgIpc) is 2.23. The maximum Gasteiger partial charge on any atom is 0.272 e. The molecule has 0 aromatic carbocycles. The maximum atomic E-state index is 11.9. The molecule has 2 heterocycles. The molecule has 92 valence electrons. The van der Waals surface area contributed by atoms with Crippen LogP contribution >= 0.6 is 0 Å². The Labute approximate surface area is 100 Å². The molecule has 0 radical (unpaired) electrons. The molecule has 0 atom stereocenters. The predicted octanol–water partition coefficient (Wildman–Crippen LogP) is 0.685. The normalized spacial score (nSPS) is 15.9. The van der Waals surface area contributed by atoms with Gasteiger partial charge >= 0.3 is 0 Å². The van der Waals surface area contributed by atoms with E-state index in [9.17, 15) is 4.79 Å². The Morgan fingerprint density at radius 1 is 1.53 bits per heavy atom. The van der Waals surface area contributed by atoms with Crippen LogP contribution in [0.15, 0.2) is 18.2 Å². The molecule has 1 aliphatic heterocycles. The Balaban J connectivity index is 2.07. The number of nitrogens with zero attached hydrogens (tertiary/aromatic N) is 2. The molecule has 0 bridgehead atoms. The molecule has 0 unspecified atom stereocenters. The van der Waals surface area contributed by atoms with Crippen molar-refractivity contribution in [2.24, 2.45) is 0 Å². The largest absolute Gasteiger partial charge is 0.475 e. The number of aliphatic hydroxyl groups is 1. The molecule has 1 aliphatic rings. The van der Waals surface area contributed by atoms with E-state index in [4.69, 9.17) is 9.84 Å². The van der Waals surface area contributed by atoms with Crippen LogP contribution < -0.4 is 4.74 Å². The van der Waals surface area contributed by atoms with Crippen LogP contribution in [0.4, 0.5) is 0 Å². The minimum absolute atomic E-state index is 0.0266. The number of likely N-dealkylation sites (tertiary alicyclic amines) is 1. The number of β-amino-alcohol motifs (C(OH)–C–C–N with tert-alkyl or cyclic N) is 1. The summed E-state index contributed by atoms with van der Waals surface area (Å²) < 4.78 is 5.43. The first kappa shape index (κ1) is 11.9. The minimum atomic E-state index is -0.394. The molecule has 0 spiro atoms. The molecule has 2 rings (SSSR count). The first-order valence-electron chi connectivity index (χ1n) is 5.67. The molecule has 5 nitrogen and oxygen atoms in total. The molecular weight excluding hydrogens is 220 g/mol. The fourth-order valence-corrected chi connectivity index (χ4v) is 1.62. The third-order valence-corrected chi connectivity index (χ3v) is 2.45. The third-order valence-electron chi connectivity index (χ3n) is 2.45. The minimum Gasteiger partial charge on any atom is -0.475 e. The van der Waals surface area contributed by atoms with Crippen LogP contribution in [0.5, 0.6) is 5.88 Å². The van der Waals surface area contributed by atoms with E-state index >= 15 is 0 Å². The summed E-state index contributed by atoms with van der Waals surface area (Å²) in [5, 5.41) is 9.15. The summed E-state index contributed by atoms with van der Waals surface area (Å²) in [4.78, 5) is 17.6. The van der Waals surface area contributed by atoms with Crippen LogP contribution in [0.3, 0.4) is 0 Å². The van der Waals surface area contributed by atoms with Gasteiger partial charge in [0, 0.05) is 19.2 Å². The number of carbonyl (C=O) groups is 1. The zero-order valence-electron chi connectivity index (χ0n) is 9.96. The van der Waals surface area contributed by atoms with Crippen molar-refractivity contribution in [3.8, 4) is 5.88 Å². The zero-order chi connectivity index (χ0) is 12.4. The van der Waals surface area contributed by atoms with Gasteiger partial charge in [-0.05, 0) is 19.9 Å². The lowest BCUT2D eigenvalue weighted by Crippen LogP contribution is -2.53. The van der Waals surface area contributed by atoms with Gasteiger partial charge in [-0.15, -0.1) is 0 Å². The number of hydrogen-bond acceptors (Lipinski definition) is 4. The van der Waals surface area contributed by atoms with Gasteiger partial charge in [0.05, 0.1) is 12.2 Å². The van der Waals surface area contributed by atoms with Gasteiger partial charge in [-0.25, -0.2) is 4.98 Å². The number of ether oxygens (including phenoxy) is 1. The van der Waals surface area contributed by atoms with E-state index in [0.717, 1.165) is 0 Å². The monoisotopic (exact) mass is 236 g/mol. The number of rotatable bonds is 3. The molecule has 5 heteroatoms. The van der Waals surface area contributed by atoms with Gasteiger partial charge in [0.1, 0.15) is 5.69 Å². The highest BCUT2D eigenvalue weighted by Gasteiger charge is 2.30. The van der Waals surface area contributed by atoms with E-state index in [-0.39, 0.29) is 12.0 Å². The standard InChI is InChI=1S/C12H16N2O3/c1-8(2)17-11-5-3-4-10(13-11)12(16)14-6-9(15)7-14/h3-5,8-9,15H,6-7H2,1-2H3. The highest BCUT2D eigenvalue weighted by molar-refractivity contribution is 5.93. The lowest BCUT2D eigenvalue weighted by molar-refractivity contribution is 0.00543. The smallest absolute Gasteiger partial charge is 0.272 e. The van der Waals surface area contributed by atoms with Crippen LogP contribution in [0, 0.1) is 0 Å². The average molecular weight is 236 g/mol. The van der Waals surface area contributed by atoms with Crippen LogP contribution in [0.1, 0.15) is 24.3 Å². The van der Waals surface area contributed by atoms with Gasteiger partial charge in [0.15, 0.2) is 0 Å². The quantitative estimate of drug-likeness (QED) is 0.838. The van der Waals surface area contributed by atoms with E-state index in [0.29, 0.717) is 24.7 Å². The van der Waals surface area contributed by atoms with Crippen LogP contribution in [0.25, 0.3) is 0 Å². The molecule has 1 N–H and O–H groups in total. The number of pyridine rings is 1. The Morgan fingerprint density at radius 2 is 2.24 bits per heavy atom. The molecule has 0 aliphatic carbocycles. The molecular formula is C12H16N2O3. The summed E-state index contributed by atoms with van der Waals surface area (Å²) in [7, 11) is 0. The molecule has 1 aromatic rings. The molecule has 1 amide bonds. The topological polar surface area (TPSA) is 62.7 Å². The van der Waals surface area contributed by atoms with Gasteiger partial charge in [-0.3, -0.25) is 4.79 Å². The van der Waals surface area contributed by atoms with E-state index in [1.807, 2.05) is 13.8 Å². The van der Waals surface area contributed by atoms with Gasteiger partial charge in [0.2, 0.25) is 5.88 Å². The van der Waals surface area contributed by atoms with Crippen molar-refractivity contribution in [3.63, 3.8) is 0 Å². The van der Waals surface area contributed by atoms with E-state index in [2.05, 4.69) is 4.98 Å². The Morgan fingerprint density at radius 3 is 2.82 bits per heavy atom. The number of hydrogen-bond donors (Lipinski definition) is 1. The highest BCUT2D eigenvalue weighted by atomic mass is 16.5. The molecule has 17 heavy (non-hydrogen) atoms. The summed E-state index contributed by atoms with van der Waals surface area (Å²) in [6.07, 6.45) is -0.368. The summed E-state index contributed by atoms with van der Waals surface area (Å²) in [5.74, 6) is 0.288. The van der Waals surface area contributed by atoms with Crippen molar-refractivity contribution < 1.29 is 14.6 Å². The van der Waals surface area contributed by atoms with Gasteiger partial charge in [0.25, 0.3) is 5.91 Å². The van der Waals surface area contributed by atoms with Crippen molar-refractivity contribution in [2.75, 3.05) is 13.1 Å². The van der Waals surface area contributed by atoms with E-state index < -0.39 is 6.10 Å². The SMILES string of the molecule is CC(C)Oc1cccc(C(=O)N2CC(O)C2)n1. The van der Waals surface area contributed by atoms with Crippen molar-refractivity contribution in [3.05, 3.63) is 23.9 Å². The summed E-state index contributed by atoms with van der Waals surface area (Å²) >= 11 is 0. The van der Waals surface area contributed by atoms with Crippen molar-refractivity contribution >= 4 is 5.91 Å². The molecule has 1 saturated heterocycles. The van der Waals surface area contributed by atoms with Crippen molar-refractivity contribution in [1.29, 1.82) is 0 Å². The molecule has 1 fully saturated rings. The highest BCUT2D eigenvalue weighted by Crippen LogP contribution is 2.15. The molecule has 0 saturated carbocycles. The third kappa shape index (κ3) is 2.74. The van der Waals surface area contributed by atoms with E-state index in [1.54, 1.807) is 23.1 Å². The zero-order valence-corrected chi connectivity index (χ0v) is 9.96. The summed E-state index contributed by atoms with van der Waals surface area (Å²) in [6.45, 7) is 4.58. The Bertz CT molecular complexity index is 414. The lowest BCUT2D eigenvalue weighted by atomic mass is 10.1. The van der Waals surface area contributed by atoms with Crippen LogP contribution in [0.2, 0.25) is 0 Å². The van der Waals surface area contributed by atoms with E-state index in [1.165, 1.54) is 0 Å². The first-order valence-corrected chi connectivity index (χ1v) is 5.67. The maximum absolute atomic E-state index is 11.9. The van der Waals surface area contributed by atoms with Crippen LogP contribution in [-0.4, -0.2) is 46.2 Å². The summed E-state index contributed by atoms with van der Waals surface area (Å²) in [5.41, 5.74) is 0.357. The second-order valence-corrected chi connectivity index (χ2v) is 4.39. The number of aromatic nitrogens is 1. The number of amides is 1. The summed E-state index contributed by atoms with van der Waals surface area (Å²) in [6, 6.07) is 5.12. The van der Waals surface area contributed by atoms with Gasteiger partial charge in [-0.1, -0.05) is 6.07 Å². The fraction of sp³-hybridized carbons (Fsp3) is 0.500. The van der Waals surface area contributed by atoms with Crippen LogP contribution in [-0.2, 0) is 0 Å². The number of aliphatic hydroxyl groups excluding tert-OH is 1. The second-order valence-electron chi connectivity index (χ2n) is 4.39.